The van der Waals surface area contributed by atoms with E-state index in [9.17, 15) is 4.79 Å². The Balaban J connectivity index is 3.42. The molecule has 5 heteroatoms. The van der Waals surface area contributed by atoms with Gasteiger partial charge in [-0.05, 0) is 6.42 Å². The Morgan fingerprint density at radius 2 is 2.29 bits per heavy atom. The summed E-state index contributed by atoms with van der Waals surface area (Å²) in [6.07, 6.45) is 0.807. The molecule has 0 rings (SSSR count). The van der Waals surface area contributed by atoms with Gasteiger partial charge in [0.1, 0.15) is 0 Å². The fourth-order valence-electron chi connectivity index (χ4n) is 0.930. The third-order valence-corrected chi connectivity index (χ3v) is 1.89. The van der Waals surface area contributed by atoms with Crippen molar-refractivity contribution < 1.29 is 14.6 Å². The Hall–Kier alpha value is -0.650. The van der Waals surface area contributed by atoms with Gasteiger partial charge in [0.05, 0.1) is 19.8 Å². The number of amides is 1. The van der Waals surface area contributed by atoms with Crippen molar-refractivity contribution in [3.05, 3.63) is 0 Å². The molecule has 3 N–H and O–H groups in total. The van der Waals surface area contributed by atoms with E-state index in [4.69, 9.17) is 9.84 Å². The molecular formula is C9H20N2O3. The van der Waals surface area contributed by atoms with Crippen molar-refractivity contribution in [2.75, 3.05) is 33.4 Å². The summed E-state index contributed by atoms with van der Waals surface area (Å²) in [5.74, 6) is -0.0750. The Kier molecular flexibility index (Phi) is 8.51. The minimum Gasteiger partial charge on any atom is -0.395 e. The van der Waals surface area contributed by atoms with Crippen LogP contribution in [0.3, 0.4) is 0 Å². The molecule has 0 aliphatic carbocycles. The van der Waals surface area contributed by atoms with Gasteiger partial charge in [-0.3, -0.25) is 4.79 Å². The average molecular weight is 204 g/mol. The summed E-state index contributed by atoms with van der Waals surface area (Å²) in [4.78, 5) is 11.1. The van der Waals surface area contributed by atoms with Crippen LogP contribution in [0.1, 0.15) is 13.3 Å². The molecule has 1 amide bonds. The van der Waals surface area contributed by atoms with Gasteiger partial charge in [0.2, 0.25) is 5.91 Å². The molecule has 0 aromatic carbocycles. The van der Waals surface area contributed by atoms with E-state index in [1.165, 1.54) is 0 Å². The number of carbonyl (C=O) groups is 1. The lowest BCUT2D eigenvalue weighted by molar-refractivity contribution is -0.120. The minimum atomic E-state index is -0.0750. The number of nitrogens with one attached hydrogen (secondary N) is 2. The van der Waals surface area contributed by atoms with E-state index in [1.54, 1.807) is 7.11 Å². The molecule has 0 aliphatic rings. The standard InChI is InChI=1S/C9H20N2O3/c1-3-8(7-12)11-6-9(13)10-4-5-14-2/h8,11-12H,3-7H2,1-2H3,(H,10,13). The number of aliphatic hydroxyl groups excluding tert-OH is 1. The predicted octanol–water partition coefficient (Wildman–Crippen LogP) is -0.890. The molecule has 14 heavy (non-hydrogen) atoms. The van der Waals surface area contributed by atoms with Crippen molar-refractivity contribution in [3.63, 3.8) is 0 Å². The summed E-state index contributed by atoms with van der Waals surface area (Å²) in [6.45, 7) is 3.29. The molecule has 0 saturated carbocycles. The van der Waals surface area contributed by atoms with Crippen molar-refractivity contribution >= 4 is 5.91 Å². The van der Waals surface area contributed by atoms with Gasteiger partial charge in [0.25, 0.3) is 0 Å². The number of aliphatic hydroxyl groups is 1. The maximum Gasteiger partial charge on any atom is 0.234 e. The van der Waals surface area contributed by atoms with Gasteiger partial charge in [-0.25, -0.2) is 0 Å². The van der Waals surface area contributed by atoms with Gasteiger partial charge in [-0.1, -0.05) is 6.92 Å². The molecule has 1 atom stereocenters. The average Bonchev–Trinajstić information content (AvgIpc) is 2.20. The molecular weight excluding hydrogens is 184 g/mol. The summed E-state index contributed by atoms with van der Waals surface area (Å²) < 4.78 is 4.79. The van der Waals surface area contributed by atoms with Crippen molar-refractivity contribution in [1.29, 1.82) is 0 Å². The molecule has 0 radical (unpaired) electrons. The first-order valence-corrected chi connectivity index (χ1v) is 4.84. The number of hydrogen-bond donors (Lipinski definition) is 3. The SMILES string of the molecule is CCC(CO)NCC(=O)NCCOC. The minimum absolute atomic E-state index is 0.00294. The molecule has 0 aromatic rings. The number of methoxy groups -OCH3 is 1. The largest absolute Gasteiger partial charge is 0.395 e. The van der Waals surface area contributed by atoms with Crippen molar-refractivity contribution in [2.45, 2.75) is 19.4 Å². The van der Waals surface area contributed by atoms with E-state index >= 15 is 0 Å². The van der Waals surface area contributed by atoms with E-state index < -0.39 is 0 Å². The first-order valence-electron chi connectivity index (χ1n) is 4.84. The normalized spacial score (nSPS) is 12.5. The van der Waals surface area contributed by atoms with E-state index in [1.807, 2.05) is 6.92 Å². The summed E-state index contributed by atoms with van der Waals surface area (Å²) in [5, 5.41) is 14.5. The van der Waals surface area contributed by atoms with Crippen LogP contribution in [0.25, 0.3) is 0 Å². The first-order chi connectivity index (χ1) is 6.74. The van der Waals surface area contributed by atoms with Crippen molar-refractivity contribution in [3.8, 4) is 0 Å². The Bertz CT molecular complexity index is 149. The zero-order valence-electron chi connectivity index (χ0n) is 8.88. The summed E-state index contributed by atoms with van der Waals surface area (Å²) >= 11 is 0. The van der Waals surface area contributed by atoms with Gasteiger partial charge in [0, 0.05) is 19.7 Å². The topological polar surface area (TPSA) is 70.6 Å². The molecule has 5 nitrogen and oxygen atoms in total. The zero-order chi connectivity index (χ0) is 10.8. The number of carbonyl (C=O) groups excluding carboxylic acids is 1. The molecule has 84 valence electrons. The van der Waals surface area contributed by atoms with E-state index in [-0.39, 0.29) is 25.1 Å². The monoisotopic (exact) mass is 204 g/mol. The highest BCUT2D eigenvalue weighted by Crippen LogP contribution is 1.86. The number of ether oxygens (including phenoxy) is 1. The fourth-order valence-corrected chi connectivity index (χ4v) is 0.930. The smallest absolute Gasteiger partial charge is 0.234 e. The predicted molar refractivity (Wildman–Crippen MR) is 54.1 cm³/mol. The second-order valence-electron chi connectivity index (χ2n) is 3.01. The lowest BCUT2D eigenvalue weighted by Gasteiger charge is -2.13. The molecule has 0 heterocycles. The van der Waals surface area contributed by atoms with Crippen LogP contribution in [-0.4, -0.2) is 50.5 Å². The Morgan fingerprint density at radius 1 is 1.57 bits per heavy atom. The van der Waals surface area contributed by atoms with E-state index in [2.05, 4.69) is 10.6 Å². The molecule has 0 spiro atoms. The highest BCUT2D eigenvalue weighted by molar-refractivity contribution is 5.77. The van der Waals surface area contributed by atoms with Crippen molar-refractivity contribution in [1.82, 2.24) is 10.6 Å². The highest BCUT2D eigenvalue weighted by Gasteiger charge is 2.05. The third kappa shape index (κ3) is 6.82. The van der Waals surface area contributed by atoms with E-state index in [0.717, 1.165) is 6.42 Å². The Morgan fingerprint density at radius 3 is 2.79 bits per heavy atom. The second-order valence-corrected chi connectivity index (χ2v) is 3.01. The van der Waals surface area contributed by atoms with Gasteiger partial charge in [-0.15, -0.1) is 0 Å². The van der Waals surface area contributed by atoms with Crippen LogP contribution < -0.4 is 10.6 Å². The van der Waals surface area contributed by atoms with Crippen LogP contribution in [0.4, 0.5) is 0 Å². The van der Waals surface area contributed by atoms with Gasteiger partial charge >= 0.3 is 0 Å². The van der Waals surface area contributed by atoms with Gasteiger partial charge in [-0.2, -0.15) is 0 Å². The summed E-state index contributed by atoms with van der Waals surface area (Å²) in [6, 6.07) is 0.00294. The van der Waals surface area contributed by atoms with Gasteiger partial charge in [0.15, 0.2) is 0 Å². The van der Waals surface area contributed by atoms with Crippen LogP contribution in [0.15, 0.2) is 0 Å². The zero-order valence-corrected chi connectivity index (χ0v) is 8.88. The summed E-state index contributed by atoms with van der Waals surface area (Å²) in [7, 11) is 1.59. The molecule has 0 bridgehead atoms. The van der Waals surface area contributed by atoms with Crippen LogP contribution in [0, 0.1) is 0 Å². The maximum absolute atomic E-state index is 11.1. The number of rotatable bonds is 8. The lowest BCUT2D eigenvalue weighted by atomic mass is 10.2. The Labute approximate surface area is 84.8 Å². The quantitative estimate of drug-likeness (QED) is 0.449. The van der Waals surface area contributed by atoms with Crippen LogP contribution in [0.2, 0.25) is 0 Å². The molecule has 0 fully saturated rings. The molecule has 1 unspecified atom stereocenters. The van der Waals surface area contributed by atoms with Crippen LogP contribution >= 0.6 is 0 Å². The molecule has 0 aliphatic heterocycles. The van der Waals surface area contributed by atoms with E-state index in [0.29, 0.717) is 13.2 Å². The number of hydrogen-bond acceptors (Lipinski definition) is 4. The van der Waals surface area contributed by atoms with Crippen LogP contribution in [-0.2, 0) is 9.53 Å². The fraction of sp³-hybridized carbons (Fsp3) is 0.889. The van der Waals surface area contributed by atoms with Gasteiger partial charge < -0.3 is 20.5 Å². The highest BCUT2D eigenvalue weighted by atomic mass is 16.5. The lowest BCUT2D eigenvalue weighted by Crippen LogP contribution is -2.41. The third-order valence-electron chi connectivity index (χ3n) is 1.89. The first kappa shape index (κ1) is 13.4. The van der Waals surface area contributed by atoms with Crippen LogP contribution in [0.5, 0.6) is 0 Å². The van der Waals surface area contributed by atoms with Crippen molar-refractivity contribution in [2.24, 2.45) is 0 Å². The summed E-state index contributed by atoms with van der Waals surface area (Å²) in [5.41, 5.74) is 0. The molecule has 0 saturated heterocycles. The maximum atomic E-state index is 11.1. The molecule has 0 aromatic heterocycles. The second kappa shape index (κ2) is 8.93.